The largest absolute Gasteiger partial charge is 0.348 e. The maximum Gasteiger partial charge on any atom is 0.269 e. The van der Waals surface area contributed by atoms with Crippen molar-refractivity contribution in [2.75, 3.05) is 18.9 Å². The molecule has 1 aliphatic heterocycles. The molecule has 5 nitrogen and oxygen atoms in total. The van der Waals surface area contributed by atoms with E-state index in [0.29, 0.717) is 13.2 Å². The highest BCUT2D eigenvalue weighted by Gasteiger charge is 2.36. The Morgan fingerprint density at radius 1 is 1.33 bits per heavy atom. The molecule has 1 heterocycles. The smallest absolute Gasteiger partial charge is 0.269 e. The van der Waals surface area contributed by atoms with Crippen LogP contribution in [-0.4, -0.2) is 44.1 Å². The highest BCUT2D eigenvalue weighted by Crippen LogP contribution is 2.25. The molecule has 21 heavy (non-hydrogen) atoms. The predicted molar refractivity (Wildman–Crippen MR) is 81.2 cm³/mol. The fraction of sp³-hybridized carbons (Fsp3) is 0.600. The van der Waals surface area contributed by atoms with Crippen molar-refractivity contribution in [1.82, 2.24) is 4.90 Å². The van der Waals surface area contributed by atoms with Crippen LogP contribution in [0.15, 0.2) is 30.3 Å². The van der Waals surface area contributed by atoms with Crippen LogP contribution in [0.25, 0.3) is 0 Å². The highest BCUT2D eigenvalue weighted by molar-refractivity contribution is 7.86. The van der Waals surface area contributed by atoms with Crippen molar-refractivity contribution in [3.05, 3.63) is 35.9 Å². The number of benzene rings is 1. The van der Waals surface area contributed by atoms with Crippen LogP contribution in [0.5, 0.6) is 0 Å². The zero-order valence-electron chi connectivity index (χ0n) is 12.8. The number of morpholine rings is 1. The summed E-state index contributed by atoms with van der Waals surface area (Å²) in [5.41, 5.74) is 1.02. The Bertz CT molecular complexity index is 556. The molecule has 1 aromatic rings. The molecule has 1 aromatic carbocycles. The maximum absolute atomic E-state index is 11.6. The predicted octanol–water partition coefficient (Wildman–Crippen LogP) is 1.99. The molecule has 0 aliphatic carbocycles. The van der Waals surface area contributed by atoms with Crippen LogP contribution in [0.2, 0.25) is 0 Å². The molecule has 118 valence electrons. The van der Waals surface area contributed by atoms with Crippen molar-refractivity contribution in [2.24, 2.45) is 0 Å². The van der Waals surface area contributed by atoms with Crippen molar-refractivity contribution in [2.45, 2.75) is 39.1 Å². The van der Waals surface area contributed by atoms with Gasteiger partial charge in [-0.15, -0.1) is 0 Å². The molecule has 0 aromatic heterocycles. The summed E-state index contributed by atoms with van der Waals surface area (Å²) < 4.78 is 33.8. The number of hydrogen-bond acceptors (Lipinski definition) is 5. The van der Waals surface area contributed by atoms with Crippen molar-refractivity contribution >= 4 is 10.1 Å². The molecule has 0 amide bonds. The fourth-order valence-electron chi connectivity index (χ4n) is 2.24. The second kappa shape index (κ2) is 6.44. The molecule has 0 spiro atoms. The fourth-order valence-corrected chi connectivity index (χ4v) is 2.82. The molecule has 1 unspecified atom stereocenters. The normalized spacial score (nSPS) is 23.1. The van der Waals surface area contributed by atoms with Crippen LogP contribution in [0.3, 0.4) is 0 Å². The summed E-state index contributed by atoms with van der Waals surface area (Å²) in [6.07, 6.45) is -0.730. The van der Waals surface area contributed by atoms with E-state index in [2.05, 4.69) is 30.9 Å². The van der Waals surface area contributed by atoms with E-state index in [1.165, 1.54) is 5.56 Å². The average molecular weight is 313 g/mol. The third-order valence-electron chi connectivity index (χ3n) is 3.67. The molecule has 2 rings (SSSR count). The van der Waals surface area contributed by atoms with Crippen molar-refractivity contribution in [3.63, 3.8) is 0 Å². The second-order valence-corrected chi connectivity index (χ2v) is 7.75. The van der Waals surface area contributed by atoms with E-state index in [4.69, 9.17) is 8.92 Å². The van der Waals surface area contributed by atoms with E-state index in [1.54, 1.807) is 6.92 Å². The first kappa shape index (κ1) is 16.4. The average Bonchev–Trinajstić information content (AvgIpc) is 2.44. The molecular weight excluding hydrogens is 290 g/mol. The number of hydrogen-bond donors (Lipinski definition) is 0. The summed E-state index contributed by atoms with van der Waals surface area (Å²) in [5, 5.41) is 0. The molecule has 0 bridgehead atoms. The van der Waals surface area contributed by atoms with Crippen LogP contribution in [-0.2, 0) is 25.6 Å². The highest BCUT2D eigenvalue weighted by atomic mass is 32.2. The molecule has 1 atom stereocenters. The van der Waals surface area contributed by atoms with Gasteiger partial charge in [0.1, 0.15) is 0 Å². The van der Waals surface area contributed by atoms with E-state index in [-0.39, 0.29) is 11.3 Å². The summed E-state index contributed by atoms with van der Waals surface area (Å²) in [4.78, 5) is 2.20. The molecule has 1 aliphatic rings. The lowest BCUT2D eigenvalue weighted by atomic mass is 10.0. The summed E-state index contributed by atoms with van der Waals surface area (Å²) in [5.74, 6) is -0.0467. The first-order valence-electron chi connectivity index (χ1n) is 7.14. The van der Waals surface area contributed by atoms with Gasteiger partial charge in [-0.1, -0.05) is 30.3 Å². The van der Waals surface area contributed by atoms with Gasteiger partial charge in [0.05, 0.1) is 18.9 Å². The van der Waals surface area contributed by atoms with Crippen molar-refractivity contribution in [1.29, 1.82) is 0 Å². The summed E-state index contributed by atoms with van der Waals surface area (Å²) in [6.45, 7) is 7.33. The second-order valence-electron chi connectivity index (χ2n) is 5.86. The van der Waals surface area contributed by atoms with Gasteiger partial charge < -0.3 is 4.74 Å². The lowest BCUT2D eigenvalue weighted by molar-refractivity contribution is -0.174. The molecule has 0 radical (unpaired) electrons. The standard InChI is InChI=1S/C15H23NO4S/c1-4-21(17,18)20-14-11-16(15(2,3)12-19-14)10-13-8-6-5-7-9-13/h5-9,14H,4,10-12H2,1-3H3. The van der Waals surface area contributed by atoms with E-state index < -0.39 is 16.4 Å². The van der Waals surface area contributed by atoms with Gasteiger partial charge in [-0.2, -0.15) is 8.42 Å². The Balaban J connectivity index is 2.06. The minimum absolute atomic E-state index is 0.0467. The van der Waals surface area contributed by atoms with Gasteiger partial charge in [0.25, 0.3) is 10.1 Å². The number of ether oxygens (including phenoxy) is 1. The van der Waals surface area contributed by atoms with Crippen LogP contribution in [0.1, 0.15) is 26.3 Å². The SMILES string of the molecule is CCS(=O)(=O)OC1CN(Cc2ccccc2)C(C)(C)CO1. The van der Waals surface area contributed by atoms with Crippen molar-refractivity contribution in [3.8, 4) is 0 Å². The Hall–Kier alpha value is -0.950. The van der Waals surface area contributed by atoms with E-state index in [0.717, 1.165) is 6.54 Å². The van der Waals surface area contributed by atoms with Crippen molar-refractivity contribution < 1.29 is 17.3 Å². The minimum Gasteiger partial charge on any atom is -0.348 e. The Morgan fingerprint density at radius 3 is 2.62 bits per heavy atom. The first-order valence-corrected chi connectivity index (χ1v) is 8.72. The lowest BCUT2D eigenvalue weighted by Crippen LogP contribution is -2.56. The molecule has 0 saturated carbocycles. The molecule has 1 fully saturated rings. The molecule has 0 N–H and O–H groups in total. The quantitative estimate of drug-likeness (QED) is 0.778. The molecule has 1 saturated heterocycles. The first-order chi connectivity index (χ1) is 9.82. The third-order valence-corrected chi connectivity index (χ3v) is 4.89. The van der Waals surface area contributed by atoms with E-state index >= 15 is 0 Å². The van der Waals surface area contributed by atoms with Crippen LogP contribution < -0.4 is 0 Å². The van der Waals surface area contributed by atoms with Crippen LogP contribution >= 0.6 is 0 Å². The van der Waals surface area contributed by atoms with Crippen LogP contribution in [0, 0.1) is 0 Å². The zero-order valence-corrected chi connectivity index (χ0v) is 13.6. The van der Waals surface area contributed by atoms with E-state index in [1.807, 2.05) is 18.2 Å². The van der Waals surface area contributed by atoms with Crippen LogP contribution in [0.4, 0.5) is 0 Å². The Morgan fingerprint density at radius 2 is 2.00 bits per heavy atom. The molecular formula is C15H23NO4S. The number of nitrogens with zero attached hydrogens (tertiary/aromatic N) is 1. The zero-order chi connectivity index (χ0) is 15.5. The minimum atomic E-state index is -3.50. The Labute approximate surface area is 127 Å². The Kier molecular flexibility index (Phi) is 5.03. The molecule has 6 heteroatoms. The van der Waals surface area contributed by atoms with Gasteiger partial charge in [-0.05, 0) is 26.3 Å². The third kappa shape index (κ3) is 4.51. The van der Waals surface area contributed by atoms with Gasteiger partial charge in [0, 0.05) is 12.1 Å². The lowest BCUT2D eigenvalue weighted by Gasteiger charge is -2.44. The summed E-state index contributed by atoms with van der Waals surface area (Å²) in [6, 6.07) is 10.1. The van der Waals surface area contributed by atoms with Gasteiger partial charge >= 0.3 is 0 Å². The summed E-state index contributed by atoms with van der Waals surface area (Å²) >= 11 is 0. The van der Waals surface area contributed by atoms with Gasteiger partial charge in [0.2, 0.25) is 0 Å². The number of rotatable bonds is 5. The van der Waals surface area contributed by atoms with Gasteiger partial charge in [-0.25, -0.2) is 4.18 Å². The van der Waals surface area contributed by atoms with E-state index in [9.17, 15) is 8.42 Å². The van der Waals surface area contributed by atoms with Gasteiger partial charge in [0.15, 0.2) is 6.29 Å². The summed E-state index contributed by atoms with van der Waals surface area (Å²) in [7, 11) is -3.50. The maximum atomic E-state index is 11.6. The van der Waals surface area contributed by atoms with Gasteiger partial charge in [-0.3, -0.25) is 4.90 Å². The monoisotopic (exact) mass is 313 g/mol. The topological polar surface area (TPSA) is 55.8 Å².